The van der Waals surface area contributed by atoms with E-state index >= 15 is 0 Å². The van der Waals surface area contributed by atoms with E-state index in [2.05, 4.69) is 24.3 Å². The van der Waals surface area contributed by atoms with Crippen LogP contribution in [0.15, 0.2) is 48.5 Å². The number of hydrogen-bond donors (Lipinski definition) is 0. The van der Waals surface area contributed by atoms with Gasteiger partial charge in [0.2, 0.25) is 5.91 Å². The molecule has 3 nitrogen and oxygen atoms in total. The zero-order chi connectivity index (χ0) is 14.9. The smallest absolute Gasteiger partial charge is 0.223 e. The third-order valence-electron chi connectivity index (χ3n) is 4.70. The van der Waals surface area contributed by atoms with Crippen molar-refractivity contribution in [1.29, 1.82) is 0 Å². The number of carbonyl (C=O) groups is 1. The molecule has 1 atom stereocenters. The lowest BCUT2D eigenvalue weighted by Crippen LogP contribution is -2.36. The second-order valence-electron chi connectivity index (χ2n) is 6.08. The van der Waals surface area contributed by atoms with Gasteiger partial charge >= 0.3 is 0 Å². The normalized spacial score (nSPS) is 19.3. The van der Waals surface area contributed by atoms with Crippen LogP contribution < -0.4 is 4.74 Å². The molecule has 2 aromatic carbocycles. The molecule has 1 amide bonds. The first-order valence-electron chi connectivity index (χ1n) is 7.87. The van der Waals surface area contributed by atoms with Gasteiger partial charge in [0.25, 0.3) is 0 Å². The molecule has 1 unspecified atom stereocenters. The number of ether oxygens (including phenoxy) is 1. The molecule has 0 fully saturated rings. The summed E-state index contributed by atoms with van der Waals surface area (Å²) < 4.78 is 5.68. The van der Waals surface area contributed by atoms with Crippen LogP contribution in [0.3, 0.4) is 0 Å². The Balaban J connectivity index is 1.46. The van der Waals surface area contributed by atoms with Crippen LogP contribution in [0.5, 0.6) is 5.75 Å². The summed E-state index contributed by atoms with van der Waals surface area (Å²) in [5, 5.41) is 0. The molecule has 4 rings (SSSR count). The van der Waals surface area contributed by atoms with Crippen molar-refractivity contribution in [1.82, 2.24) is 4.90 Å². The van der Waals surface area contributed by atoms with Gasteiger partial charge in [-0.3, -0.25) is 4.79 Å². The van der Waals surface area contributed by atoms with Crippen LogP contribution in [0, 0.1) is 0 Å². The number of para-hydroxylation sites is 1. The number of rotatable bonds is 2. The highest BCUT2D eigenvalue weighted by Gasteiger charge is 2.29. The molecule has 0 aliphatic carbocycles. The van der Waals surface area contributed by atoms with Crippen LogP contribution in [0.2, 0.25) is 0 Å². The average molecular weight is 293 g/mol. The van der Waals surface area contributed by atoms with Crippen molar-refractivity contribution in [2.45, 2.75) is 25.3 Å². The van der Waals surface area contributed by atoms with Gasteiger partial charge in [-0.15, -0.1) is 0 Å². The molecular weight excluding hydrogens is 274 g/mol. The Morgan fingerprint density at radius 2 is 1.86 bits per heavy atom. The van der Waals surface area contributed by atoms with E-state index in [0.717, 1.165) is 25.3 Å². The highest BCUT2D eigenvalue weighted by atomic mass is 16.5. The van der Waals surface area contributed by atoms with E-state index in [0.29, 0.717) is 13.0 Å². The fourth-order valence-corrected chi connectivity index (χ4v) is 3.45. The standard InChI is InChI=1S/C19H19NO2/c21-19(11-16-13-22-18-8-4-3-7-17(16)18)20-10-9-14-5-1-2-6-15(14)12-20/h1-8,16H,9-13H2. The van der Waals surface area contributed by atoms with Crippen molar-refractivity contribution in [3.63, 3.8) is 0 Å². The van der Waals surface area contributed by atoms with Crippen molar-refractivity contribution in [2.24, 2.45) is 0 Å². The van der Waals surface area contributed by atoms with Crippen molar-refractivity contribution < 1.29 is 9.53 Å². The molecule has 2 aromatic rings. The Kier molecular flexibility index (Phi) is 3.34. The Labute approximate surface area is 130 Å². The first-order chi connectivity index (χ1) is 10.8. The lowest BCUT2D eigenvalue weighted by Gasteiger charge is -2.29. The van der Waals surface area contributed by atoms with E-state index in [4.69, 9.17) is 4.74 Å². The van der Waals surface area contributed by atoms with Crippen LogP contribution in [0.25, 0.3) is 0 Å². The summed E-state index contributed by atoms with van der Waals surface area (Å²) in [6, 6.07) is 16.5. The number of benzene rings is 2. The molecule has 0 radical (unpaired) electrons. The fraction of sp³-hybridized carbons (Fsp3) is 0.316. The molecular formula is C19H19NO2. The summed E-state index contributed by atoms with van der Waals surface area (Å²) in [7, 11) is 0. The van der Waals surface area contributed by atoms with Gasteiger partial charge in [-0.1, -0.05) is 42.5 Å². The molecule has 0 spiro atoms. The first kappa shape index (κ1) is 13.4. The van der Waals surface area contributed by atoms with Crippen LogP contribution in [-0.4, -0.2) is 24.0 Å². The Morgan fingerprint density at radius 1 is 1.09 bits per heavy atom. The van der Waals surface area contributed by atoms with Crippen molar-refractivity contribution in [3.05, 3.63) is 65.2 Å². The SMILES string of the molecule is O=C(CC1COc2ccccc21)N1CCc2ccccc2C1. The highest BCUT2D eigenvalue weighted by molar-refractivity contribution is 5.78. The summed E-state index contributed by atoms with van der Waals surface area (Å²) in [5.41, 5.74) is 3.83. The third-order valence-corrected chi connectivity index (χ3v) is 4.70. The lowest BCUT2D eigenvalue weighted by atomic mass is 9.95. The van der Waals surface area contributed by atoms with Gasteiger partial charge in [-0.05, 0) is 23.6 Å². The minimum absolute atomic E-state index is 0.195. The Bertz CT molecular complexity index is 710. The van der Waals surface area contributed by atoms with Crippen LogP contribution in [-0.2, 0) is 17.8 Å². The van der Waals surface area contributed by atoms with Crippen molar-refractivity contribution >= 4 is 5.91 Å². The molecule has 112 valence electrons. The molecule has 22 heavy (non-hydrogen) atoms. The maximum atomic E-state index is 12.6. The van der Waals surface area contributed by atoms with Gasteiger partial charge in [0.1, 0.15) is 5.75 Å². The van der Waals surface area contributed by atoms with E-state index in [-0.39, 0.29) is 11.8 Å². The largest absolute Gasteiger partial charge is 0.493 e. The zero-order valence-corrected chi connectivity index (χ0v) is 12.5. The second-order valence-corrected chi connectivity index (χ2v) is 6.08. The van der Waals surface area contributed by atoms with Crippen molar-refractivity contribution in [3.8, 4) is 5.75 Å². The van der Waals surface area contributed by atoms with Gasteiger partial charge in [-0.25, -0.2) is 0 Å². The van der Waals surface area contributed by atoms with Gasteiger partial charge in [0.05, 0.1) is 6.61 Å². The number of fused-ring (bicyclic) bond motifs is 2. The van der Waals surface area contributed by atoms with E-state index in [1.54, 1.807) is 0 Å². The summed E-state index contributed by atoms with van der Waals surface area (Å²) in [5.74, 6) is 1.37. The number of amides is 1. The molecule has 0 saturated heterocycles. The fourth-order valence-electron chi connectivity index (χ4n) is 3.45. The van der Waals surface area contributed by atoms with Gasteiger partial charge in [0, 0.05) is 31.0 Å². The van der Waals surface area contributed by atoms with Gasteiger partial charge in [0.15, 0.2) is 0 Å². The minimum atomic E-state index is 0.195. The molecule has 2 heterocycles. The molecule has 0 saturated carbocycles. The zero-order valence-electron chi connectivity index (χ0n) is 12.5. The molecule has 0 N–H and O–H groups in total. The van der Waals surface area contributed by atoms with E-state index < -0.39 is 0 Å². The highest BCUT2D eigenvalue weighted by Crippen LogP contribution is 2.36. The van der Waals surface area contributed by atoms with Gasteiger partial charge < -0.3 is 9.64 Å². The van der Waals surface area contributed by atoms with E-state index in [1.165, 1.54) is 16.7 Å². The van der Waals surface area contributed by atoms with Crippen molar-refractivity contribution in [2.75, 3.05) is 13.2 Å². The predicted molar refractivity (Wildman–Crippen MR) is 84.9 cm³/mol. The predicted octanol–water partition coefficient (Wildman–Crippen LogP) is 3.14. The maximum Gasteiger partial charge on any atom is 0.223 e. The Hall–Kier alpha value is -2.29. The molecule has 3 heteroatoms. The summed E-state index contributed by atoms with van der Waals surface area (Å²) in [6.45, 7) is 2.19. The summed E-state index contributed by atoms with van der Waals surface area (Å²) in [4.78, 5) is 14.6. The average Bonchev–Trinajstić information content (AvgIpc) is 2.97. The quantitative estimate of drug-likeness (QED) is 0.851. The second kappa shape index (κ2) is 5.48. The first-order valence-corrected chi connectivity index (χ1v) is 7.87. The summed E-state index contributed by atoms with van der Waals surface area (Å²) in [6.07, 6.45) is 1.50. The number of hydrogen-bond acceptors (Lipinski definition) is 2. The van der Waals surface area contributed by atoms with Crippen LogP contribution in [0.4, 0.5) is 0 Å². The third kappa shape index (κ3) is 2.37. The topological polar surface area (TPSA) is 29.5 Å². The summed E-state index contributed by atoms with van der Waals surface area (Å²) >= 11 is 0. The van der Waals surface area contributed by atoms with E-state index in [1.807, 2.05) is 29.2 Å². The number of carbonyl (C=O) groups excluding carboxylic acids is 1. The monoisotopic (exact) mass is 293 g/mol. The van der Waals surface area contributed by atoms with Crippen LogP contribution in [0.1, 0.15) is 29.0 Å². The number of nitrogens with zero attached hydrogens (tertiary/aromatic N) is 1. The molecule has 2 aliphatic rings. The lowest BCUT2D eigenvalue weighted by molar-refractivity contribution is -0.132. The Morgan fingerprint density at radius 3 is 2.77 bits per heavy atom. The maximum absolute atomic E-state index is 12.6. The molecule has 2 aliphatic heterocycles. The van der Waals surface area contributed by atoms with Crippen LogP contribution >= 0.6 is 0 Å². The van der Waals surface area contributed by atoms with E-state index in [9.17, 15) is 4.79 Å². The minimum Gasteiger partial charge on any atom is -0.493 e. The molecule has 0 bridgehead atoms. The van der Waals surface area contributed by atoms with Gasteiger partial charge in [-0.2, -0.15) is 0 Å². The molecule has 0 aromatic heterocycles.